The van der Waals surface area contributed by atoms with Crippen LogP contribution in [-0.4, -0.2) is 34.3 Å². The van der Waals surface area contributed by atoms with Crippen LogP contribution in [0.4, 0.5) is 0 Å². The van der Waals surface area contributed by atoms with Crippen LogP contribution < -0.4 is 56.5 Å². The van der Waals surface area contributed by atoms with Crippen LogP contribution >= 0.6 is 11.8 Å². The number of ketones is 1. The molecule has 0 spiro atoms. The van der Waals surface area contributed by atoms with Crippen molar-refractivity contribution in [1.29, 1.82) is 0 Å². The van der Waals surface area contributed by atoms with Gasteiger partial charge in [0, 0.05) is 30.1 Å². The van der Waals surface area contributed by atoms with Crippen LogP contribution in [-0.2, 0) is 4.79 Å². The van der Waals surface area contributed by atoms with E-state index >= 15 is 0 Å². The number of nitrogens with zero attached hydrogens (tertiary/aromatic N) is 1. The molecule has 4 nitrogen and oxygen atoms in total. The molecule has 3 rings (SSSR count). The largest absolute Gasteiger partial charge is 1.00 e. The molecule has 0 amide bonds. The molecular formula is C16H16KNO3S. The Morgan fingerprint density at radius 3 is 2.59 bits per heavy atom. The molecule has 1 saturated heterocycles. The predicted octanol–water partition coefficient (Wildman–Crippen LogP) is -1.71. The summed E-state index contributed by atoms with van der Waals surface area (Å²) in [7, 11) is 0. The Morgan fingerprint density at radius 2 is 2.00 bits per heavy atom. The summed E-state index contributed by atoms with van der Waals surface area (Å²) in [6, 6.07) is 9.19. The Bertz CT molecular complexity index is 619. The zero-order valence-electron chi connectivity index (χ0n) is 12.7. The summed E-state index contributed by atoms with van der Waals surface area (Å²) < 4.78 is 0. The standard InChI is InChI=1S/C16H17NO3S.K/c1-21-16(14(18)11-5-3-2-4-6-11)9-7-13-12(15(19)20)8-10-17(13)16;/h2-7,12H,8-10H2,1H3,(H,19,20);/q;+1/p-1. The Balaban J connectivity index is 0.00000176. The molecule has 0 N–H and O–H groups in total. The van der Waals surface area contributed by atoms with Gasteiger partial charge < -0.3 is 14.8 Å². The monoisotopic (exact) mass is 341 g/mol. The zero-order chi connectivity index (χ0) is 15.0. The molecule has 2 aliphatic heterocycles. The molecule has 0 radical (unpaired) electrons. The predicted molar refractivity (Wildman–Crippen MR) is 79.5 cm³/mol. The number of carboxylic acids is 1. The first kappa shape index (κ1) is 18.2. The molecule has 6 heteroatoms. The molecule has 1 fully saturated rings. The molecule has 0 aliphatic carbocycles. The number of aliphatic carboxylic acids is 1. The van der Waals surface area contributed by atoms with Crippen molar-refractivity contribution in [2.75, 3.05) is 12.8 Å². The topological polar surface area (TPSA) is 60.4 Å². The van der Waals surface area contributed by atoms with E-state index in [4.69, 9.17) is 0 Å². The maximum absolute atomic E-state index is 13.0. The van der Waals surface area contributed by atoms with Gasteiger partial charge in [-0.3, -0.25) is 4.79 Å². The van der Waals surface area contributed by atoms with Gasteiger partial charge in [-0.05, 0) is 12.7 Å². The van der Waals surface area contributed by atoms with E-state index in [2.05, 4.69) is 0 Å². The Hall–Kier alpha value is -0.114. The van der Waals surface area contributed by atoms with Crippen LogP contribution in [0.1, 0.15) is 23.2 Å². The summed E-state index contributed by atoms with van der Waals surface area (Å²) in [5.41, 5.74) is 1.41. The number of hydrogen-bond acceptors (Lipinski definition) is 5. The first-order valence-electron chi connectivity index (χ1n) is 6.93. The molecule has 2 unspecified atom stereocenters. The number of Topliss-reactive ketones (excluding diaryl/α,β-unsaturated/α-hetero) is 1. The van der Waals surface area contributed by atoms with E-state index in [-0.39, 0.29) is 57.2 Å². The fourth-order valence-corrected chi connectivity index (χ4v) is 4.24. The van der Waals surface area contributed by atoms with Gasteiger partial charge in [0.15, 0.2) is 10.7 Å². The third-order valence-electron chi connectivity index (χ3n) is 4.35. The average molecular weight is 341 g/mol. The second-order valence-electron chi connectivity index (χ2n) is 5.33. The third-order valence-corrected chi connectivity index (χ3v) is 5.59. The smallest absolute Gasteiger partial charge is 0.549 e. The van der Waals surface area contributed by atoms with Gasteiger partial charge in [-0.25, -0.2) is 0 Å². The molecule has 1 aromatic rings. The Kier molecular flexibility index (Phi) is 5.96. The molecule has 2 aliphatic rings. The minimum absolute atomic E-state index is 0. The van der Waals surface area contributed by atoms with Crippen LogP contribution in [0.2, 0.25) is 0 Å². The van der Waals surface area contributed by atoms with Gasteiger partial charge >= 0.3 is 51.4 Å². The number of fused-ring (bicyclic) bond motifs is 1. The molecule has 0 saturated carbocycles. The van der Waals surface area contributed by atoms with Gasteiger partial charge in [-0.15, -0.1) is 11.8 Å². The van der Waals surface area contributed by atoms with Crippen molar-refractivity contribution in [1.82, 2.24) is 4.90 Å². The second kappa shape index (κ2) is 7.19. The fourth-order valence-electron chi connectivity index (χ4n) is 3.27. The number of carboxylic acid groups (broad SMARTS) is 1. The van der Waals surface area contributed by atoms with E-state index < -0.39 is 16.8 Å². The van der Waals surface area contributed by atoms with Crippen molar-refractivity contribution in [2.24, 2.45) is 5.92 Å². The van der Waals surface area contributed by atoms with Gasteiger partial charge in [0.05, 0.1) is 5.97 Å². The normalized spacial score (nSPS) is 26.1. The first-order valence-corrected chi connectivity index (χ1v) is 8.16. The minimum Gasteiger partial charge on any atom is -0.549 e. The SMILES string of the molecule is CSC1(C(=O)c2ccccc2)CC=C2C(C(=O)[O-])CCN21.[K+]. The summed E-state index contributed by atoms with van der Waals surface area (Å²) in [5.74, 6) is -1.59. The number of carbonyl (C=O) groups excluding carboxylic acids is 2. The first-order chi connectivity index (χ1) is 10.1. The maximum Gasteiger partial charge on any atom is 1.00 e. The van der Waals surface area contributed by atoms with E-state index in [1.54, 1.807) is 0 Å². The number of carbonyl (C=O) groups is 2. The van der Waals surface area contributed by atoms with Gasteiger partial charge in [-0.2, -0.15) is 0 Å². The summed E-state index contributed by atoms with van der Waals surface area (Å²) >= 11 is 1.48. The van der Waals surface area contributed by atoms with Crippen LogP contribution in [0.3, 0.4) is 0 Å². The van der Waals surface area contributed by atoms with E-state index in [0.29, 0.717) is 24.9 Å². The van der Waals surface area contributed by atoms with Crippen molar-refractivity contribution < 1.29 is 66.1 Å². The van der Waals surface area contributed by atoms with Crippen molar-refractivity contribution in [3.05, 3.63) is 47.7 Å². The minimum atomic E-state index is -1.05. The number of hydrogen-bond donors (Lipinski definition) is 0. The van der Waals surface area contributed by atoms with E-state index in [9.17, 15) is 14.7 Å². The molecule has 0 aromatic heterocycles. The number of thioether (sulfide) groups is 1. The summed E-state index contributed by atoms with van der Waals surface area (Å²) in [6.07, 6.45) is 4.86. The quantitative estimate of drug-likeness (QED) is 0.482. The molecule has 2 heterocycles. The van der Waals surface area contributed by atoms with Gasteiger partial charge in [0.25, 0.3) is 0 Å². The summed E-state index contributed by atoms with van der Waals surface area (Å²) in [6.45, 7) is 0.587. The van der Waals surface area contributed by atoms with Gasteiger partial charge in [0.2, 0.25) is 0 Å². The van der Waals surface area contributed by atoms with E-state index in [1.807, 2.05) is 47.6 Å². The van der Waals surface area contributed by atoms with Crippen molar-refractivity contribution in [2.45, 2.75) is 17.7 Å². The van der Waals surface area contributed by atoms with Crippen LogP contribution in [0.25, 0.3) is 0 Å². The van der Waals surface area contributed by atoms with E-state index in [1.165, 1.54) is 11.8 Å². The molecular weight excluding hydrogens is 325 g/mol. The summed E-state index contributed by atoms with van der Waals surface area (Å²) in [4.78, 5) is 25.4. The van der Waals surface area contributed by atoms with Crippen molar-refractivity contribution >= 4 is 23.5 Å². The average Bonchev–Trinajstić information content (AvgIpc) is 3.07. The summed E-state index contributed by atoms with van der Waals surface area (Å²) in [5, 5.41) is 11.2. The molecule has 2 atom stereocenters. The van der Waals surface area contributed by atoms with Gasteiger partial charge in [-0.1, -0.05) is 36.4 Å². The molecule has 110 valence electrons. The maximum atomic E-state index is 13.0. The molecule has 1 aromatic carbocycles. The number of benzene rings is 1. The van der Waals surface area contributed by atoms with Crippen LogP contribution in [0.15, 0.2) is 42.1 Å². The molecule has 22 heavy (non-hydrogen) atoms. The Labute approximate surface area is 176 Å². The fraction of sp³-hybridized carbons (Fsp3) is 0.375. The third kappa shape index (κ3) is 2.85. The zero-order valence-corrected chi connectivity index (χ0v) is 16.7. The Morgan fingerprint density at radius 1 is 1.32 bits per heavy atom. The van der Waals surface area contributed by atoms with Crippen molar-refractivity contribution in [3.63, 3.8) is 0 Å². The number of rotatable bonds is 4. The van der Waals surface area contributed by atoms with Crippen molar-refractivity contribution in [3.8, 4) is 0 Å². The van der Waals surface area contributed by atoms with Crippen LogP contribution in [0.5, 0.6) is 0 Å². The van der Waals surface area contributed by atoms with E-state index in [0.717, 1.165) is 5.70 Å². The second-order valence-corrected chi connectivity index (χ2v) is 6.41. The van der Waals surface area contributed by atoms with Gasteiger partial charge in [0.1, 0.15) is 0 Å². The van der Waals surface area contributed by atoms with Crippen LogP contribution in [0, 0.1) is 5.92 Å². The molecule has 0 bridgehead atoms.